The molecule has 0 aliphatic carbocycles. The summed E-state index contributed by atoms with van der Waals surface area (Å²) in [6.07, 6.45) is 1.62. The smallest absolute Gasteiger partial charge is 0.340 e. The minimum Gasteiger partial charge on any atom is -0.478 e. The fourth-order valence-corrected chi connectivity index (χ4v) is 2.36. The number of rotatable bonds is 4. The summed E-state index contributed by atoms with van der Waals surface area (Å²) >= 11 is 1.38. The zero-order chi connectivity index (χ0) is 15.4. The Balaban J connectivity index is 2.10. The second-order valence-electron chi connectivity index (χ2n) is 4.16. The maximum absolute atomic E-state index is 13.5. The normalized spacial score (nSPS) is 11.7. The van der Waals surface area contributed by atoms with E-state index >= 15 is 0 Å². The monoisotopic (exact) mass is 309 g/mol. The minimum atomic E-state index is -1.45. The quantitative estimate of drug-likeness (QED) is 0.810. The van der Waals surface area contributed by atoms with Crippen LogP contribution in [0.5, 0.6) is 0 Å². The van der Waals surface area contributed by atoms with Crippen LogP contribution >= 0.6 is 11.3 Å². The largest absolute Gasteiger partial charge is 0.478 e. The van der Waals surface area contributed by atoms with Gasteiger partial charge < -0.3 is 15.7 Å². The molecule has 0 radical (unpaired) electrons. The summed E-state index contributed by atoms with van der Waals surface area (Å²) in [4.78, 5) is 26.9. The van der Waals surface area contributed by atoms with Gasteiger partial charge >= 0.3 is 12.0 Å². The summed E-state index contributed by atoms with van der Waals surface area (Å²) in [5.74, 6) is -2.36. The van der Waals surface area contributed by atoms with Gasteiger partial charge in [-0.05, 0) is 19.1 Å². The van der Waals surface area contributed by atoms with E-state index in [4.69, 9.17) is 5.11 Å². The van der Waals surface area contributed by atoms with Gasteiger partial charge in [-0.15, -0.1) is 11.3 Å². The molecule has 21 heavy (non-hydrogen) atoms. The molecule has 110 valence electrons. The Hall–Kier alpha value is -2.48. The average Bonchev–Trinajstić information content (AvgIpc) is 2.91. The second-order valence-corrected chi connectivity index (χ2v) is 5.08. The Morgan fingerprint density at radius 3 is 2.81 bits per heavy atom. The molecule has 1 aromatic heterocycles. The van der Waals surface area contributed by atoms with Gasteiger partial charge in [0.2, 0.25) is 0 Å². The number of halogens is 1. The van der Waals surface area contributed by atoms with Crippen LogP contribution in [0.1, 0.15) is 28.3 Å². The lowest BCUT2D eigenvalue weighted by Crippen LogP contribution is -2.31. The summed E-state index contributed by atoms with van der Waals surface area (Å²) < 4.78 is 13.5. The van der Waals surface area contributed by atoms with E-state index in [1.807, 2.05) is 0 Å². The van der Waals surface area contributed by atoms with Crippen molar-refractivity contribution in [3.8, 4) is 0 Å². The summed E-state index contributed by atoms with van der Waals surface area (Å²) in [6.45, 7) is 1.74. The molecule has 0 saturated heterocycles. The molecule has 0 bridgehead atoms. The van der Waals surface area contributed by atoms with Crippen molar-refractivity contribution in [2.45, 2.75) is 13.0 Å². The number of carbonyl (C=O) groups is 2. The standard InChI is InChI=1S/C13H12FN3O3S/c1-7(11-15-5-6-21-11)16-13(20)17-9-4-2-3-8(14)10(9)12(18)19/h2-7H,1H3,(H,18,19)(H2,16,17,20). The van der Waals surface area contributed by atoms with Crippen LogP contribution in [-0.2, 0) is 0 Å². The van der Waals surface area contributed by atoms with Crippen LogP contribution < -0.4 is 10.6 Å². The number of carboxylic acid groups (broad SMARTS) is 1. The highest BCUT2D eigenvalue weighted by atomic mass is 32.1. The van der Waals surface area contributed by atoms with Crippen LogP contribution in [0.3, 0.4) is 0 Å². The Morgan fingerprint density at radius 1 is 1.43 bits per heavy atom. The Kier molecular flexibility index (Phi) is 4.49. The average molecular weight is 309 g/mol. The lowest BCUT2D eigenvalue weighted by Gasteiger charge is -2.13. The van der Waals surface area contributed by atoms with E-state index in [0.717, 1.165) is 6.07 Å². The third-order valence-corrected chi connectivity index (χ3v) is 3.60. The summed E-state index contributed by atoms with van der Waals surface area (Å²) in [5, 5.41) is 16.4. The van der Waals surface area contributed by atoms with Gasteiger partial charge in [-0.1, -0.05) is 6.07 Å². The molecule has 1 atom stereocenters. The number of aromatic nitrogens is 1. The van der Waals surface area contributed by atoms with Crippen molar-refractivity contribution in [2.24, 2.45) is 0 Å². The topological polar surface area (TPSA) is 91.3 Å². The fourth-order valence-electron chi connectivity index (χ4n) is 1.71. The van der Waals surface area contributed by atoms with Crippen LogP contribution in [0.4, 0.5) is 14.9 Å². The molecule has 1 heterocycles. The van der Waals surface area contributed by atoms with E-state index in [-0.39, 0.29) is 11.7 Å². The molecule has 0 fully saturated rings. The minimum absolute atomic E-state index is 0.105. The highest BCUT2D eigenvalue weighted by Crippen LogP contribution is 2.20. The molecule has 1 unspecified atom stereocenters. The molecule has 8 heteroatoms. The molecule has 0 spiro atoms. The number of hydrogen-bond acceptors (Lipinski definition) is 4. The predicted molar refractivity (Wildman–Crippen MR) is 76.0 cm³/mol. The number of benzene rings is 1. The molecule has 0 aliphatic heterocycles. The predicted octanol–water partition coefficient (Wildman–Crippen LogP) is 2.86. The molecule has 6 nitrogen and oxygen atoms in total. The molecular weight excluding hydrogens is 297 g/mol. The highest BCUT2D eigenvalue weighted by Gasteiger charge is 2.18. The van der Waals surface area contributed by atoms with Gasteiger partial charge in [0.15, 0.2) is 0 Å². The number of hydrogen-bond donors (Lipinski definition) is 3. The molecular formula is C13H12FN3O3S. The number of amides is 2. The number of urea groups is 1. The van der Waals surface area contributed by atoms with Gasteiger partial charge in [-0.25, -0.2) is 19.0 Å². The molecule has 2 aromatic rings. The number of carbonyl (C=O) groups excluding carboxylic acids is 1. The van der Waals surface area contributed by atoms with Gasteiger partial charge in [0.25, 0.3) is 0 Å². The van der Waals surface area contributed by atoms with E-state index < -0.39 is 23.4 Å². The summed E-state index contributed by atoms with van der Waals surface area (Å²) in [7, 11) is 0. The first-order valence-electron chi connectivity index (χ1n) is 5.97. The van der Waals surface area contributed by atoms with Gasteiger partial charge in [0, 0.05) is 11.6 Å². The van der Waals surface area contributed by atoms with Gasteiger partial charge in [0.1, 0.15) is 16.4 Å². The molecule has 1 aromatic carbocycles. The molecule has 2 rings (SSSR count). The van der Waals surface area contributed by atoms with E-state index in [1.165, 1.54) is 23.5 Å². The highest BCUT2D eigenvalue weighted by molar-refractivity contribution is 7.09. The van der Waals surface area contributed by atoms with Crippen LogP contribution in [0.25, 0.3) is 0 Å². The van der Waals surface area contributed by atoms with Crippen LogP contribution in [0.2, 0.25) is 0 Å². The third-order valence-electron chi connectivity index (χ3n) is 2.65. The number of carboxylic acids is 1. The van der Waals surface area contributed by atoms with Gasteiger partial charge in [-0.2, -0.15) is 0 Å². The second kappa shape index (κ2) is 6.31. The Morgan fingerprint density at radius 2 is 2.19 bits per heavy atom. The van der Waals surface area contributed by atoms with Crippen molar-refractivity contribution >= 4 is 29.0 Å². The zero-order valence-electron chi connectivity index (χ0n) is 11.0. The lowest BCUT2D eigenvalue weighted by molar-refractivity contribution is 0.0693. The summed E-state index contributed by atoms with van der Waals surface area (Å²) in [5.41, 5.74) is -0.680. The summed E-state index contributed by atoms with van der Waals surface area (Å²) in [6, 6.07) is 2.68. The first kappa shape index (κ1) is 14.9. The molecule has 2 amide bonds. The van der Waals surface area contributed by atoms with Crippen molar-refractivity contribution in [1.29, 1.82) is 0 Å². The number of aromatic carboxylic acids is 1. The number of thiazole rings is 1. The number of anilines is 1. The maximum atomic E-state index is 13.5. The van der Waals surface area contributed by atoms with Gasteiger partial charge in [0.05, 0.1) is 11.7 Å². The van der Waals surface area contributed by atoms with Crippen molar-refractivity contribution in [3.63, 3.8) is 0 Å². The van der Waals surface area contributed by atoms with Gasteiger partial charge in [-0.3, -0.25) is 0 Å². The molecule has 3 N–H and O–H groups in total. The van der Waals surface area contributed by atoms with E-state index in [9.17, 15) is 14.0 Å². The van der Waals surface area contributed by atoms with Crippen molar-refractivity contribution in [1.82, 2.24) is 10.3 Å². The SMILES string of the molecule is CC(NC(=O)Nc1cccc(F)c1C(=O)O)c1nccs1. The van der Waals surface area contributed by atoms with Crippen LogP contribution in [0, 0.1) is 5.82 Å². The van der Waals surface area contributed by atoms with Crippen molar-refractivity contribution in [3.05, 3.63) is 46.2 Å². The first-order valence-corrected chi connectivity index (χ1v) is 6.85. The Bertz CT molecular complexity index is 661. The van der Waals surface area contributed by atoms with Crippen LogP contribution in [-0.4, -0.2) is 22.1 Å². The number of nitrogens with one attached hydrogen (secondary N) is 2. The van der Waals surface area contributed by atoms with E-state index in [0.29, 0.717) is 5.01 Å². The van der Waals surface area contributed by atoms with Crippen molar-refractivity contribution in [2.75, 3.05) is 5.32 Å². The maximum Gasteiger partial charge on any atom is 0.340 e. The van der Waals surface area contributed by atoms with Crippen molar-refractivity contribution < 1.29 is 19.1 Å². The van der Waals surface area contributed by atoms with Crippen LogP contribution in [0.15, 0.2) is 29.8 Å². The first-order chi connectivity index (χ1) is 9.99. The lowest BCUT2D eigenvalue weighted by atomic mass is 10.1. The third kappa shape index (κ3) is 3.54. The number of nitrogens with zero attached hydrogens (tertiary/aromatic N) is 1. The Labute approximate surface area is 123 Å². The zero-order valence-corrected chi connectivity index (χ0v) is 11.8. The van der Waals surface area contributed by atoms with E-state index in [1.54, 1.807) is 18.5 Å². The van der Waals surface area contributed by atoms with E-state index in [2.05, 4.69) is 15.6 Å². The fraction of sp³-hybridized carbons (Fsp3) is 0.154. The molecule has 0 saturated carbocycles. The molecule has 0 aliphatic rings.